The molecule has 1 aromatic rings. The molecule has 0 fully saturated rings. The van der Waals surface area contributed by atoms with E-state index >= 15 is 0 Å². The van der Waals surface area contributed by atoms with Crippen LogP contribution in [-0.4, -0.2) is 54.1 Å². The second-order valence-electron chi connectivity index (χ2n) is 2.99. The van der Waals surface area contributed by atoms with Gasteiger partial charge in [0.1, 0.15) is 0 Å². The molecular weight excluding hydrogens is 163 g/mol. The minimum absolute atomic E-state index is 0.582. The molecule has 1 nitrogen and oxygen atoms in total. The third-order valence-corrected chi connectivity index (χ3v) is 4.23. The standard InChI is InChI=1S/C9H11O.K/c1-9(2,10)8-6-4-3-5-7-8;/h3-7,10H,1H2,2H3;. The molecular formula is C9H11KO. The Labute approximate surface area is 101 Å². The molecule has 0 saturated heterocycles. The van der Waals surface area contributed by atoms with E-state index < -0.39 is 5.60 Å². The van der Waals surface area contributed by atoms with Crippen molar-refractivity contribution in [2.75, 3.05) is 0 Å². The molecule has 1 unspecified atom stereocenters. The molecule has 0 radical (unpaired) electrons. The summed E-state index contributed by atoms with van der Waals surface area (Å²) in [6.45, 7) is 1.88. The van der Waals surface area contributed by atoms with Gasteiger partial charge in [-0.05, 0) is 0 Å². The summed E-state index contributed by atoms with van der Waals surface area (Å²) in [5.41, 5.74) is 0.453. The van der Waals surface area contributed by atoms with Crippen molar-refractivity contribution in [1.29, 1.82) is 0 Å². The molecule has 0 aliphatic carbocycles. The van der Waals surface area contributed by atoms with E-state index in [9.17, 15) is 5.11 Å². The van der Waals surface area contributed by atoms with Gasteiger partial charge in [0.2, 0.25) is 0 Å². The van der Waals surface area contributed by atoms with Crippen molar-refractivity contribution in [3.63, 3.8) is 0 Å². The summed E-state index contributed by atoms with van der Waals surface area (Å²) in [5.74, 6) is 0. The Morgan fingerprint density at radius 2 is 1.91 bits per heavy atom. The Morgan fingerprint density at radius 1 is 1.36 bits per heavy atom. The Kier molecular flexibility index (Phi) is 3.75. The zero-order chi connectivity index (χ0) is 8.32. The van der Waals surface area contributed by atoms with Crippen LogP contribution in [0.4, 0.5) is 0 Å². The Bertz CT molecular complexity index is 218. The van der Waals surface area contributed by atoms with Gasteiger partial charge in [0.15, 0.2) is 0 Å². The fourth-order valence-corrected chi connectivity index (χ4v) is 1.64. The molecule has 0 heterocycles. The Morgan fingerprint density at radius 3 is 2.36 bits per heavy atom. The second kappa shape index (κ2) is 4.17. The number of benzene rings is 1. The zero-order valence-electron chi connectivity index (χ0n) is 7.04. The predicted molar refractivity (Wildman–Crippen MR) is 46.6 cm³/mol. The summed E-state index contributed by atoms with van der Waals surface area (Å²) in [6, 6.07) is 9.85. The van der Waals surface area contributed by atoms with E-state index in [2.05, 4.69) is 0 Å². The fraction of sp³-hybridized carbons (Fsp3) is 0.333. The predicted octanol–water partition coefficient (Wildman–Crippen LogP) is 1.48. The van der Waals surface area contributed by atoms with E-state index in [4.69, 9.17) is 0 Å². The van der Waals surface area contributed by atoms with Crippen LogP contribution in [-0.2, 0) is 5.60 Å². The molecule has 0 aliphatic rings. The van der Waals surface area contributed by atoms with Crippen LogP contribution >= 0.6 is 0 Å². The first-order valence-electron chi connectivity index (χ1n) is 3.94. The quantitative estimate of drug-likeness (QED) is 0.673. The second-order valence-corrected chi connectivity index (χ2v) is 4.10. The summed E-state index contributed by atoms with van der Waals surface area (Å²) in [5, 5.41) is 9.84. The van der Waals surface area contributed by atoms with Gasteiger partial charge in [-0.2, -0.15) is 0 Å². The average molecular weight is 174 g/mol. The van der Waals surface area contributed by atoms with E-state index in [-0.39, 0.29) is 0 Å². The Hall–Kier alpha value is 0.816. The van der Waals surface area contributed by atoms with Crippen LogP contribution < -0.4 is 0 Å². The normalized spacial score (nSPS) is 16.0. The maximum absolute atomic E-state index is 9.84. The van der Waals surface area contributed by atoms with Crippen LogP contribution in [0.15, 0.2) is 30.3 Å². The van der Waals surface area contributed by atoms with Crippen LogP contribution in [0.25, 0.3) is 0 Å². The molecule has 0 bridgehead atoms. The Balaban J connectivity index is 2.93. The molecule has 54 valence electrons. The number of aliphatic hydroxyl groups is 1. The van der Waals surface area contributed by atoms with Gasteiger partial charge in [-0.1, -0.05) is 0 Å². The van der Waals surface area contributed by atoms with Gasteiger partial charge in [0.25, 0.3) is 0 Å². The van der Waals surface area contributed by atoms with Gasteiger partial charge < -0.3 is 0 Å². The summed E-state index contributed by atoms with van der Waals surface area (Å²) < 4.78 is 0.935. The van der Waals surface area contributed by atoms with Crippen LogP contribution in [0.3, 0.4) is 0 Å². The molecule has 0 aliphatic heterocycles. The van der Waals surface area contributed by atoms with Crippen molar-refractivity contribution in [1.82, 2.24) is 0 Å². The molecule has 1 aromatic carbocycles. The first-order valence-corrected chi connectivity index (χ1v) is 6.15. The third kappa shape index (κ3) is 2.65. The van der Waals surface area contributed by atoms with Crippen molar-refractivity contribution in [3.05, 3.63) is 35.9 Å². The summed E-state index contributed by atoms with van der Waals surface area (Å²) in [7, 11) is 0. The summed E-state index contributed by atoms with van der Waals surface area (Å²) in [6.07, 6.45) is 0. The molecule has 0 aromatic heterocycles. The van der Waals surface area contributed by atoms with Crippen molar-refractivity contribution < 1.29 is 5.11 Å². The SMILES string of the molecule is CC(O)([CH2][K])c1ccccc1. The summed E-state index contributed by atoms with van der Waals surface area (Å²) >= 11 is 0.701. The number of rotatable bonds is 2. The first-order chi connectivity index (χ1) is 5.17. The van der Waals surface area contributed by atoms with Crippen LogP contribution in [0.5, 0.6) is 0 Å². The molecule has 0 spiro atoms. The van der Waals surface area contributed by atoms with Crippen LogP contribution in [0, 0.1) is 0 Å². The molecule has 11 heavy (non-hydrogen) atoms. The molecule has 1 rings (SSSR count). The first kappa shape index (κ1) is 9.90. The monoisotopic (exact) mass is 174 g/mol. The molecule has 0 amide bonds. The third-order valence-electron chi connectivity index (χ3n) is 2.08. The van der Waals surface area contributed by atoms with Crippen LogP contribution in [0.1, 0.15) is 12.5 Å². The van der Waals surface area contributed by atoms with Gasteiger partial charge in [-0.25, -0.2) is 0 Å². The van der Waals surface area contributed by atoms with E-state index in [1.807, 2.05) is 37.3 Å². The van der Waals surface area contributed by atoms with Crippen molar-refractivity contribution >= 4 is 49.0 Å². The van der Waals surface area contributed by atoms with E-state index in [1.54, 1.807) is 0 Å². The van der Waals surface area contributed by atoms with Gasteiger partial charge in [-0.3, -0.25) is 0 Å². The molecule has 2 heteroatoms. The fourth-order valence-electron chi connectivity index (χ4n) is 1.00. The topological polar surface area (TPSA) is 20.2 Å². The molecule has 1 atom stereocenters. The molecule has 0 saturated carbocycles. The van der Waals surface area contributed by atoms with Crippen molar-refractivity contribution in [2.24, 2.45) is 0 Å². The van der Waals surface area contributed by atoms with E-state index in [1.165, 1.54) is 0 Å². The van der Waals surface area contributed by atoms with Crippen LogP contribution in [0.2, 0.25) is 0.515 Å². The molecule has 1 N–H and O–H groups in total. The van der Waals surface area contributed by atoms with Crippen molar-refractivity contribution in [3.8, 4) is 0 Å². The van der Waals surface area contributed by atoms with Gasteiger partial charge in [-0.15, -0.1) is 0 Å². The number of hydrogen-bond donors (Lipinski definition) is 1. The summed E-state index contributed by atoms with van der Waals surface area (Å²) in [4.78, 5) is 0. The van der Waals surface area contributed by atoms with E-state index in [0.717, 1.165) is 6.08 Å². The van der Waals surface area contributed by atoms with Gasteiger partial charge >= 0.3 is 103 Å². The van der Waals surface area contributed by atoms with E-state index in [0.29, 0.717) is 49.0 Å². The van der Waals surface area contributed by atoms with Gasteiger partial charge in [0, 0.05) is 0 Å². The number of hydrogen-bond acceptors (Lipinski definition) is 1. The minimum atomic E-state index is -0.582. The average Bonchev–Trinajstić information content (AvgIpc) is 2.06. The zero-order valence-corrected chi connectivity index (χ0v) is 10.2. The van der Waals surface area contributed by atoms with Crippen molar-refractivity contribution in [2.45, 2.75) is 13.0 Å². The van der Waals surface area contributed by atoms with Gasteiger partial charge in [0.05, 0.1) is 0 Å². The maximum atomic E-state index is 9.84.